The third-order valence-electron chi connectivity index (χ3n) is 2.74. The summed E-state index contributed by atoms with van der Waals surface area (Å²) in [6, 6.07) is 8.18. The Balaban J connectivity index is 2.52. The van der Waals surface area contributed by atoms with Gasteiger partial charge in [0.2, 0.25) is 0 Å². The maximum absolute atomic E-state index is 11.5. The van der Waals surface area contributed by atoms with Crippen molar-refractivity contribution >= 4 is 33.4 Å². The lowest BCUT2D eigenvalue weighted by molar-refractivity contribution is -0.114. The van der Waals surface area contributed by atoms with Crippen LogP contribution < -0.4 is 0 Å². The number of carbonyl (C=O) groups is 1. The number of Topliss-reactive ketones (excluding diaryl/α,β-unsaturated/α-hetero) is 1. The summed E-state index contributed by atoms with van der Waals surface area (Å²) in [6.07, 6.45) is 5.56. The van der Waals surface area contributed by atoms with Crippen LogP contribution in [-0.2, 0) is 4.79 Å². The van der Waals surface area contributed by atoms with Gasteiger partial charge in [0.1, 0.15) is 0 Å². The molecule has 0 saturated carbocycles. The van der Waals surface area contributed by atoms with Crippen LogP contribution in [0.15, 0.2) is 34.8 Å². The molecular formula is C14H13BrO. The SMILES string of the molecule is C/C=C\c1ccccc1C1=C(Br)C(=O)CC1. The van der Waals surface area contributed by atoms with Crippen LogP contribution in [0.5, 0.6) is 0 Å². The summed E-state index contributed by atoms with van der Waals surface area (Å²) in [4.78, 5) is 11.5. The lowest BCUT2D eigenvalue weighted by Gasteiger charge is -2.07. The highest BCUT2D eigenvalue weighted by molar-refractivity contribution is 9.12. The van der Waals surface area contributed by atoms with Crippen molar-refractivity contribution in [3.05, 3.63) is 46.0 Å². The van der Waals surface area contributed by atoms with E-state index in [2.05, 4.69) is 34.1 Å². The summed E-state index contributed by atoms with van der Waals surface area (Å²) in [5.41, 5.74) is 3.48. The van der Waals surface area contributed by atoms with Crippen LogP contribution in [0.2, 0.25) is 0 Å². The van der Waals surface area contributed by atoms with Gasteiger partial charge >= 0.3 is 0 Å². The molecule has 0 bridgehead atoms. The van der Waals surface area contributed by atoms with Gasteiger partial charge in [0.25, 0.3) is 0 Å². The summed E-state index contributed by atoms with van der Waals surface area (Å²) < 4.78 is 0.754. The van der Waals surface area contributed by atoms with Gasteiger partial charge in [-0.15, -0.1) is 0 Å². The summed E-state index contributed by atoms with van der Waals surface area (Å²) in [7, 11) is 0. The predicted octanol–water partition coefficient (Wildman–Crippen LogP) is 4.19. The van der Waals surface area contributed by atoms with Gasteiger partial charge in [-0.05, 0) is 46.0 Å². The van der Waals surface area contributed by atoms with Crippen molar-refractivity contribution in [2.45, 2.75) is 19.8 Å². The van der Waals surface area contributed by atoms with E-state index in [1.807, 2.05) is 25.1 Å². The highest BCUT2D eigenvalue weighted by Crippen LogP contribution is 2.36. The lowest BCUT2D eigenvalue weighted by Crippen LogP contribution is -1.89. The minimum atomic E-state index is 0.213. The third kappa shape index (κ3) is 2.03. The van der Waals surface area contributed by atoms with Crippen molar-refractivity contribution in [1.29, 1.82) is 0 Å². The van der Waals surface area contributed by atoms with Crippen LogP contribution in [0.3, 0.4) is 0 Å². The van der Waals surface area contributed by atoms with E-state index in [1.54, 1.807) is 0 Å². The smallest absolute Gasteiger partial charge is 0.170 e. The first-order valence-electron chi connectivity index (χ1n) is 5.38. The van der Waals surface area contributed by atoms with Crippen LogP contribution in [0, 0.1) is 0 Å². The van der Waals surface area contributed by atoms with Gasteiger partial charge in [-0.3, -0.25) is 4.79 Å². The molecule has 0 fully saturated rings. The molecule has 0 N–H and O–H groups in total. The Hall–Kier alpha value is -1.15. The fraction of sp³-hybridized carbons (Fsp3) is 0.214. The van der Waals surface area contributed by atoms with Gasteiger partial charge in [-0.2, -0.15) is 0 Å². The van der Waals surface area contributed by atoms with Crippen LogP contribution in [0.1, 0.15) is 30.9 Å². The van der Waals surface area contributed by atoms with Crippen molar-refractivity contribution in [2.24, 2.45) is 0 Å². The Bertz CT molecular complexity index is 483. The first-order valence-corrected chi connectivity index (χ1v) is 6.17. The highest BCUT2D eigenvalue weighted by Gasteiger charge is 2.22. The average Bonchev–Trinajstić information content (AvgIpc) is 2.61. The van der Waals surface area contributed by atoms with Gasteiger partial charge in [0, 0.05) is 6.42 Å². The Morgan fingerprint density at radius 3 is 2.62 bits per heavy atom. The largest absolute Gasteiger partial charge is 0.294 e. The van der Waals surface area contributed by atoms with Crippen molar-refractivity contribution in [3.63, 3.8) is 0 Å². The quantitative estimate of drug-likeness (QED) is 0.792. The number of hydrogen-bond acceptors (Lipinski definition) is 1. The average molecular weight is 277 g/mol. The number of rotatable bonds is 2. The molecular weight excluding hydrogens is 264 g/mol. The number of benzene rings is 1. The number of hydrogen-bond donors (Lipinski definition) is 0. The molecule has 0 atom stereocenters. The molecule has 0 amide bonds. The monoisotopic (exact) mass is 276 g/mol. The van der Waals surface area contributed by atoms with Gasteiger partial charge in [0.05, 0.1) is 4.48 Å². The second-order valence-corrected chi connectivity index (χ2v) is 4.60. The van der Waals surface area contributed by atoms with Crippen LogP contribution >= 0.6 is 15.9 Å². The molecule has 0 spiro atoms. The summed E-state index contributed by atoms with van der Waals surface area (Å²) in [5.74, 6) is 0.213. The molecule has 1 nitrogen and oxygen atoms in total. The van der Waals surface area contributed by atoms with E-state index >= 15 is 0 Å². The molecule has 0 aliphatic heterocycles. The molecule has 1 aromatic rings. The summed E-state index contributed by atoms with van der Waals surface area (Å²) >= 11 is 3.40. The first kappa shape index (κ1) is 11.3. The third-order valence-corrected chi connectivity index (χ3v) is 3.66. The number of halogens is 1. The molecule has 2 heteroatoms. The van der Waals surface area contributed by atoms with Gasteiger partial charge in [0.15, 0.2) is 5.78 Å². The Morgan fingerprint density at radius 1 is 1.25 bits per heavy atom. The van der Waals surface area contributed by atoms with Gasteiger partial charge in [-0.25, -0.2) is 0 Å². The van der Waals surface area contributed by atoms with Crippen molar-refractivity contribution < 1.29 is 4.79 Å². The zero-order chi connectivity index (χ0) is 11.5. The van der Waals surface area contributed by atoms with E-state index in [-0.39, 0.29) is 5.78 Å². The Morgan fingerprint density at radius 2 is 2.00 bits per heavy atom. The van der Waals surface area contributed by atoms with Crippen molar-refractivity contribution in [3.8, 4) is 0 Å². The van der Waals surface area contributed by atoms with E-state index in [4.69, 9.17) is 0 Å². The molecule has 0 saturated heterocycles. The Kier molecular flexibility index (Phi) is 3.39. The molecule has 0 aromatic heterocycles. The van der Waals surface area contributed by atoms with Gasteiger partial charge in [-0.1, -0.05) is 36.4 Å². The van der Waals surface area contributed by atoms with Crippen LogP contribution in [0.25, 0.3) is 11.6 Å². The zero-order valence-corrected chi connectivity index (χ0v) is 10.8. The zero-order valence-electron chi connectivity index (χ0n) is 9.16. The first-order chi connectivity index (χ1) is 7.74. The molecule has 1 aliphatic rings. The standard InChI is InChI=1S/C14H13BrO/c1-2-5-10-6-3-4-7-11(10)12-8-9-13(16)14(12)15/h2-7H,8-9H2,1H3/b5-2-. The lowest BCUT2D eigenvalue weighted by atomic mass is 9.99. The molecule has 1 aliphatic carbocycles. The number of ketones is 1. The maximum Gasteiger partial charge on any atom is 0.170 e. The molecule has 0 radical (unpaired) electrons. The summed E-state index contributed by atoms with van der Waals surface area (Å²) in [5, 5.41) is 0. The van der Waals surface area contributed by atoms with E-state index in [0.717, 1.165) is 16.5 Å². The second-order valence-electron chi connectivity index (χ2n) is 3.80. The molecule has 1 aromatic carbocycles. The van der Waals surface area contributed by atoms with E-state index in [9.17, 15) is 4.79 Å². The van der Waals surface area contributed by atoms with E-state index in [0.29, 0.717) is 6.42 Å². The Labute approximate surface area is 104 Å². The fourth-order valence-electron chi connectivity index (χ4n) is 1.98. The summed E-state index contributed by atoms with van der Waals surface area (Å²) in [6.45, 7) is 2.00. The van der Waals surface area contributed by atoms with E-state index < -0.39 is 0 Å². The molecule has 82 valence electrons. The van der Waals surface area contributed by atoms with Crippen LogP contribution in [-0.4, -0.2) is 5.78 Å². The molecule has 0 unspecified atom stereocenters. The van der Waals surface area contributed by atoms with E-state index in [1.165, 1.54) is 11.1 Å². The second kappa shape index (κ2) is 4.79. The maximum atomic E-state index is 11.5. The highest BCUT2D eigenvalue weighted by atomic mass is 79.9. The van der Waals surface area contributed by atoms with Crippen LogP contribution in [0.4, 0.5) is 0 Å². The molecule has 0 heterocycles. The normalized spacial score (nSPS) is 16.5. The minimum Gasteiger partial charge on any atom is -0.294 e. The molecule has 2 rings (SSSR count). The predicted molar refractivity (Wildman–Crippen MR) is 71.2 cm³/mol. The fourth-order valence-corrected chi connectivity index (χ4v) is 2.59. The number of carbonyl (C=O) groups excluding carboxylic acids is 1. The molecule has 16 heavy (non-hydrogen) atoms. The minimum absolute atomic E-state index is 0.213. The van der Waals surface area contributed by atoms with Crippen molar-refractivity contribution in [1.82, 2.24) is 0 Å². The number of allylic oxidation sites excluding steroid dienone is 3. The van der Waals surface area contributed by atoms with Gasteiger partial charge < -0.3 is 0 Å². The van der Waals surface area contributed by atoms with Crippen molar-refractivity contribution in [2.75, 3.05) is 0 Å². The topological polar surface area (TPSA) is 17.1 Å².